The molecule has 2 atom stereocenters. The van der Waals surface area contributed by atoms with Crippen LogP contribution in [0.5, 0.6) is 0 Å². The van der Waals surface area contributed by atoms with Crippen molar-refractivity contribution in [1.82, 2.24) is 5.01 Å². The fraction of sp³-hybridized carbons (Fsp3) is 0.818. The van der Waals surface area contributed by atoms with Crippen molar-refractivity contribution in [3.05, 3.63) is 0 Å². The average Bonchev–Trinajstić information content (AvgIpc) is 2.34. The summed E-state index contributed by atoms with van der Waals surface area (Å²) in [5.74, 6) is 10.4. The predicted octanol–water partition coefficient (Wildman–Crippen LogP) is 1.48. The van der Waals surface area contributed by atoms with Crippen LogP contribution in [0, 0.1) is 17.8 Å². The number of nitrogens with two attached hydrogens (primary N) is 2. The Morgan fingerprint density at radius 1 is 1.50 bits per heavy atom. The molecular formula is C11H23IN4O3S. The number of hydrazone groups is 1. The number of carboxylic acids is 1. The van der Waals surface area contributed by atoms with E-state index < -0.39 is 17.8 Å². The Morgan fingerprint density at radius 2 is 2.10 bits per heavy atom. The largest absolute Gasteiger partial charge is 0.481 e. The molecule has 5 N–H and O–H groups in total. The lowest BCUT2D eigenvalue weighted by Crippen LogP contribution is -2.47. The molecule has 2 unspecified atom stereocenters. The molecule has 118 valence electrons. The average molecular weight is 418 g/mol. The second kappa shape index (κ2) is 10.5. The standard InChI is InChI=1S/C11H23IN4O3S/c1-7(2)9(11(17)18)8(3)10(15-13)16(14)6-19-4-5-20-12/h7-9H,4-6,13-14H2,1-3H3,(H,17,18)/b15-10-. The first-order chi connectivity index (χ1) is 9.36. The van der Waals surface area contributed by atoms with Crippen molar-refractivity contribution in [3.63, 3.8) is 0 Å². The zero-order chi connectivity index (χ0) is 15.7. The van der Waals surface area contributed by atoms with Gasteiger partial charge in [-0.3, -0.25) is 9.80 Å². The zero-order valence-corrected chi connectivity index (χ0v) is 14.9. The van der Waals surface area contributed by atoms with Gasteiger partial charge in [0.1, 0.15) is 12.6 Å². The maximum atomic E-state index is 11.3. The van der Waals surface area contributed by atoms with Gasteiger partial charge in [-0.2, -0.15) is 5.10 Å². The molecule has 0 saturated heterocycles. The van der Waals surface area contributed by atoms with Crippen LogP contribution in [0.2, 0.25) is 0 Å². The van der Waals surface area contributed by atoms with Crippen LogP contribution in [0.1, 0.15) is 20.8 Å². The number of carboxylic acid groups (broad SMARTS) is 1. The number of nitrogens with zero attached hydrogens (tertiary/aromatic N) is 2. The van der Waals surface area contributed by atoms with Gasteiger partial charge >= 0.3 is 5.97 Å². The number of hydrogen-bond acceptors (Lipinski definition) is 6. The second-order valence-electron chi connectivity index (χ2n) is 4.70. The maximum Gasteiger partial charge on any atom is 0.307 e. The molecule has 0 radical (unpaired) electrons. The van der Waals surface area contributed by atoms with Gasteiger partial charge in [-0.25, -0.2) is 5.84 Å². The van der Waals surface area contributed by atoms with Crippen molar-refractivity contribution < 1.29 is 14.6 Å². The van der Waals surface area contributed by atoms with Gasteiger partial charge in [0.25, 0.3) is 0 Å². The highest BCUT2D eigenvalue weighted by Crippen LogP contribution is 2.23. The van der Waals surface area contributed by atoms with Crippen molar-refractivity contribution in [3.8, 4) is 0 Å². The smallest absolute Gasteiger partial charge is 0.307 e. The lowest BCUT2D eigenvalue weighted by Gasteiger charge is -2.29. The van der Waals surface area contributed by atoms with Crippen molar-refractivity contribution in [2.24, 2.45) is 34.5 Å². The number of amidine groups is 1. The van der Waals surface area contributed by atoms with Crippen LogP contribution in [-0.4, -0.2) is 41.0 Å². The van der Waals surface area contributed by atoms with Crippen LogP contribution in [0.3, 0.4) is 0 Å². The van der Waals surface area contributed by atoms with Gasteiger partial charge in [-0.1, -0.05) is 29.7 Å². The molecule has 0 aromatic heterocycles. The molecule has 0 fully saturated rings. The van der Waals surface area contributed by atoms with Crippen LogP contribution in [0.4, 0.5) is 0 Å². The van der Waals surface area contributed by atoms with E-state index >= 15 is 0 Å². The summed E-state index contributed by atoms with van der Waals surface area (Å²) >= 11 is 2.18. The summed E-state index contributed by atoms with van der Waals surface area (Å²) in [6.07, 6.45) is 0. The third kappa shape index (κ3) is 6.46. The van der Waals surface area contributed by atoms with Crippen LogP contribution in [-0.2, 0) is 9.53 Å². The number of hydrogen-bond donors (Lipinski definition) is 3. The van der Waals surface area contributed by atoms with Crippen molar-refractivity contribution in [1.29, 1.82) is 0 Å². The summed E-state index contributed by atoms with van der Waals surface area (Å²) in [5, 5.41) is 14.2. The Balaban J connectivity index is 4.68. The quantitative estimate of drug-likeness (QED) is 0.0989. The molecule has 0 aromatic carbocycles. The highest BCUT2D eigenvalue weighted by Gasteiger charge is 2.33. The van der Waals surface area contributed by atoms with Gasteiger partial charge in [0.05, 0.1) is 12.5 Å². The van der Waals surface area contributed by atoms with Gasteiger partial charge in [-0.15, -0.1) is 0 Å². The van der Waals surface area contributed by atoms with E-state index in [-0.39, 0.29) is 12.6 Å². The summed E-state index contributed by atoms with van der Waals surface area (Å²) < 4.78 is 5.36. The Hall–Kier alpha value is -0.260. The highest BCUT2D eigenvalue weighted by molar-refractivity contribution is 14.2. The molecule has 0 aliphatic rings. The maximum absolute atomic E-state index is 11.3. The molecule has 0 heterocycles. The van der Waals surface area contributed by atoms with E-state index in [9.17, 15) is 9.90 Å². The lowest BCUT2D eigenvalue weighted by atomic mass is 9.83. The third-order valence-electron chi connectivity index (χ3n) is 2.91. The minimum Gasteiger partial charge on any atom is -0.481 e. The summed E-state index contributed by atoms with van der Waals surface area (Å²) in [7, 11) is 1.64. The molecule has 0 spiro atoms. The van der Waals surface area contributed by atoms with Gasteiger partial charge in [0.2, 0.25) is 0 Å². The molecule has 0 aliphatic heterocycles. The zero-order valence-electron chi connectivity index (χ0n) is 12.0. The van der Waals surface area contributed by atoms with Gasteiger partial charge in [0, 0.05) is 11.7 Å². The molecular weight excluding hydrogens is 395 g/mol. The fourth-order valence-corrected chi connectivity index (χ4v) is 2.73. The molecule has 20 heavy (non-hydrogen) atoms. The monoisotopic (exact) mass is 418 g/mol. The van der Waals surface area contributed by atoms with Crippen molar-refractivity contribution in [2.75, 3.05) is 19.1 Å². The minimum absolute atomic E-state index is 0.0519. The number of ether oxygens (including phenoxy) is 1. The van der Waals surface area contributed by atoms with E-state index in [2.05, 4.69) is 26.3 Å². The predicted molar refractivity (Wildman–Crippen MR) is 90.1 cm³/mol. The summed E-state index contributed by atoms with van der Waals surface area (Å²) in [4.78, 5) is 11.3. The van der Waals surface area contributed by atoms with Crippen LogP contribution in [0.25, 0.3) is 0 Å². The normalized spacial score (nSPS) is 15.2. The van der Waals surface area contributed by atoms with Crippen LogP contribution in [0.15, 0.2) is 5.10 Å². The Labute approximate surface area is 136 Å². The summed E-state index contributed by atoms with van der Waals surface area (Å²) in [5.41, 5.74) is 0. The van der Waals surface area contributed by atoms with Gasteiger partial charge < -0.3 is 15.7 Å². The lowest BCUT2D eigenvalue weighted by molar-refractivity contribution is -0.144. The molecule has 7 nitrogen and oxygen atoms in total. The molecule has 9 heteroatoms. The number of carbonyl (C=O) groups is 1. The first-order valence-electron chi connectivity index (χ1n) is 6.20. The van der Waals surface area contributed by atoms with E-state index in [0.717, 1.165) is 5.75 Å². The van der Waals surface area contributed by atoms with E-state index in [4.69, 9.17) is 16.4 Å². The van der Waals surface area contributed by atoms with Crippen molar-refractivity contribution >= 4 is 41.9 Å². The second-order valence-corrected chi connectivity index (χ2v) is 7.20. The van der Waals surface area contributed by atoms with E-state index in [1.807, 2.05) is 13.8 Å². The SMILES string of the molecule is CC(C)C(C(=O)O)C(C)/C(=N/N)N(N)COCCSI. The van der Waals surface area contributed by atoms with Crippen molar-refractivity contribution in [2.45, 2.75) is 20.8 Å². The number of hydrazine groups is 1. The fourth-order valence-electron chi connectivity index (χ4n) is 2.01. The Bertz CT molecular complexity index is 331. The molecule has 0 saturated carbocycles. The van der Waals surface area contributed by atoms with E-state index in [1.54, 1.807) is 15.9 Å². The number of halogens is 1. The van der Waals surface area contributed by atoms with Crippen LogP contribution < -0.4 is 11.7 Å². The van der Waals surface area contributed by atoms with Gasteiger partial charge in [0.15, 0.2) is 0 Å². The summed E-state index contributed by atoms with van der Waals surface area (Å²) in [6.45, 7) is 6.13. The van der Waals surface area contributed by atoms with Gasteiger partial charge in [-0.05, 0) is 27.1 Å². The highest BCUT2D eigenvalue weighted by atomic mass is 127. The number of aliphatic carboxylic acids is 1. The molecule has 0 amide bonds. The Kier molecular flexibility index (Phi) is 10.3. The first kappa shape index (κ1) is 19.7. The minimum atomic E-state index is -0.885. The van der Waals surface area contributed by atoms with Crippen LogP contribution >= 0.6 is 30.1 Å². The topological polar surface area (TPSA) is 114 Å². The number of rotatable bonds is 9. The van der Waals surface area contributed by atoms with E-state index in [0.29, 0.717) is 12.4 Å². The molecule has 0 aliphatic carbocycles. The van der Waals surface area contributed by atoms with E-state index in [1.165, 1.54) is 5.01 Å². The Morgan fingerprint density at radius 3 is 2.50 bits per heavy atom. The molecule has 0 bridgehead atoms. The summed E-state index contributed by atoms with van der Waals surface area (Å²) in [6, 6.07) is 0. The molecule has 0 aromatic rings. The first-order valence-corrected chi connectivity index (χ1v) is 9.73. The molecule has 0 rings (SSSR count). The third-order valence-corrected chi connectivity index (χ3v) is 4.55.